The molecule has 0 rings (SSSR count). The summed E-state index contributed by atoms with van der Waals surface area (Å²) < 4.78 is 0. The van der Waals surface area contributed by atoms with Gasteiger partial charge < -0.3 is 10.2 Å². The van der Waals surface area contributed by atoms with Gasteiger partial charge in [0, 0.05) is 25.8 Å². The van der Waals surface area contributed by atoms with Crippen molar-refractivity contribution in [3.63, 3.8) is 0 Å². The largest absolute Gasteiger partial charge is 0.854 e. The van der Waals surface area contributed by atoms with Gasteiger partial charge in [0.05, 0.1) is 0 Å². The number of carbonyl (C=O) groups excluding carboxylic acids is 3. The molecule has 0 aromatic heterocycles. The molecule has 0 aromatic rings. The minimum Gasteiger partial charge on any atom is -0.854 e. The third kappa shape index (κ3) is 25.1. The number of hydrogen-bond donors (Lipinski definition) is 0. The molecule has 0 bridgehead atoms. The van der Waals surface area contributed by atoms with Crippen molar-refractivity contribution in [3.8, 4) is 0 Å². The first-order chi connectivity index (χ1) is 9.29. The molecule has 0 aliphatic carbocycles. The number of unbranched alkanes of at least 4 members (excludes halogenated alkanes) is 2. The van der Waals surface area contributed by atoms with Crippen LogP contribution in [0.4, 0.5) is 0 Å². The van der Waals surface area contributed by atoms with Gasteiger partial charge in [0.15, 0.2) is 0 Å². The van der Waals surface area contributed by atoms with Crippen LogP contribution in [-0.2, 0) is 40.2 Å². The Morgan fingerprint density at radius 2 is 1.00 bits per heavy atom. The molecule has 0 unspecified atom stereocenters. The van der Waals surface area contributed by atoms with Gasteiger partial charge in [-0.3, -0.25) is 14.4 Å². The molecule has 0 aliphatic rings. The van der Waals surface area contributed by atoms with E-state index in [0.717, 1.165) is 25.7 Å². The van der Waals surface area contributed by atoms with Crippen LogP contribution in [0.2, 0.25) is 0 Å². The Morgan fingerprint density at radius 3 is 1.00 bits per heavy atom. The van der Waals surface area contributed by atoms with Gasteiger partial charge in [0.1, 0.15) is 23.3 Å². The molecule has 21 heavy (non-hydrogen) atoms. The van der Waals surface area contributed by atoms with Gasteiger partial charge in [-0.15, -0.1) is 13.2 Å². The van der Waals surface area contributed by atoms with Crippen LogP contribution >= 0.6 is 0 Å². The van der Waals surface area contributed by atoms with Gasteiger partial charge in [0.25, 0.3) is 0 Å². The van der Waals surface area contributed by atoms with Gasteiger partial charge in [-0.1, -0.05) is 39.5 Å². The maximum absolute atomic E-state index is 10.6. The van der Waals surface area contributed by atoms with Gasteiger partial charge in [-0.25, -0.2) is 0 Å². The fraction of sp³-hybridized carbons (Fsp3) is 0.800. The normalized spacial score (nSPS) is 8.57. The molecule has 0 aromatic carbocycles. The van der Waals surface area contributed by atoms with E-state index in [0.29, 0.717) is 0 Å². The summed E-state index contributed by atoms with van der Waals surface area (Å²) in [6.07, 6.45) is 3.73. The third-order valence-corrected chi connectivity index (χ3v) is 2.22. The zero-order valence-electron chi connectivity index (χ0n) is 13.9. The first-order valence-corrected chi connectivity index (χ1v) is 6.97. The second kappa shape index (κ2) is 22.1. The summed E-state index contributed by atoms with van der Waals surface area (Å²) in [5.74, 6) is -2.15. The fourth-order valence-corrected chi connectivity index (χ4v) is 1.15. The molecule has 5 nitrogen and oxygen atoms in total. The number of ketones is 3. The minimum absolute atomic E-state index is 0. The van der Waals surface area contributed by atoms with E-state index in [-0.39, 0.29) is 56.4 Å². The van der Waals surface area contributed by atoms with E-state index in [1.807, 2.05) is 13.8 Å². The van der Waals surface area contributed by atoms with Crippen molar-refractivity contribution in [2.75, 3.05) is 13.2 Å². The summed E-state index contributed by atoms with van der Waals surface area (Å²) in [6.45, 7) is 7.94. The van der Waals surface area contributed by atoms with Crippen molar-refractivity contribution in [2.45, 2.75) is 60.3 Å². The molecule has 124 valence electrons. The van der Waals surface area contributed by atoms with Crippen molar-refractivity contribution in [2.24, 2.45) is 5.92 Å². The van der Waals surface area contributed by atoms with E-state index in [2.05, 4.69) is 0 Å². The quantitative estimate of drug-likeness (QED) is 0.405. The Balaban J connectivity index is -0.000000112. The maximum atomic E-state index is 10.6. The van der Waals surface area contributed by atoms with Crippen LogP contribution in [-0.4, -0.2) is 30.6 Å². The number of rotatable bonds is 7. The smallest absolute Gasteiger partial charge is 0.147 e. The van der Waals surface area contributed by atoms with Crippen LogP contribution in [0.3, 0.4) is 0 Å². The standard InChI is InChI=1S/C7H10O3.2C4H9O.Hf/c1-4(8)7(5(2)9)6(3)10;2*1-2-3-4-5;/h7H,1-3H3;2*2-4H2,1H3;/q;2*-1;. The second-order valence-electron chi connectivity index (χ2n) is 4.38. The molecular formula is C15H28HfO5-2. The molecule has 0 heterocycles. The predicted octanol–water partition coefficient (Wildman–Crippen LogP) is 0.661. The van der Waals surface area contributed by atoms with Gasteiger partial charge >= 0.3 is 0 Å². The van der Waals surface area contributed by atoms with Crippen molar-refractivity contribution in [1.82, 2.24) is 0 Å². The first-order valence-electron chi connectivity index (χ1n) is 6.97. The Morgan fingerprint density at radius 1 is 0.762 bits per heavy atom. The zero-order valence-corrected chi connectivity index (χ0v) is 17.5. The van der Waals surface area contributed by atoms with Crippen LogP contribution in [0.25, 0.3) is 0 Å². The molecule has 0 atom stereocenters. The Kier molecular flexibility index (Phi) is 30.4. The zero-order chi connectivity index (χ0) is 16.6. The molecule has 6 heteroatoms. The molecule has 0 spiro atoms. The van der Waals surface area contributed by atoms with Crippen LogP contribution in [0, 0.1) is 5.92 Å². The second-order valence-corrected chi connectivity index (χ2v) is 4.38. The molecule has 0 amide bonds. The third-order valence-electron chi connectivity index (χ3n) is 2.22. The van der Waals surface area contributed by atoms with Crippen LogP contribution in [0.5, 0.6) is 0 Å². The van der Waals surface area contributed by atoms with Crippen molar-refractivity contribution in [3.05, 3.63) is 0 Å². The van der Waals surface area contributed by atoms with Crippen molar-refractivity contribution >= 4 is 17.3 Å². The van der Waals surface area contributed by atoms with E-state index in [4.69, 9.17) is 0 Å². The maximum Gasteiger partial charge on any atom is 0.147 e. The van der Waals surface area contributed by atoms with E-state index in [9.17, 15) is 24.6 Å². The van der Waals surface area contributed by atoms with E-state index in [1.165, 1.54) is 20.8 Å². The van der Waals surface area contributed by atoms with E-state index >= 15 is 0 Å². The summed E-state index contributed by atoms with van der Waals surface area (Å²) in [7, 11) is 0. The average Bonchev–Trinajstić information content (AvgIpc) is 2.30. The average molecular weight is 467 g/mol. The summed E-state index contributed by atoms with van der Waals surface area (Å²) in [4.78, 5) is 31.8. The van der Waals surface area contributed by atoms with E-state index < -0.39 is 5.92 Å². The van der Waals surface area contributed by atoms with Crippen LogP contribution in [0.1, 0.15) is 60.3 Å². The predicted molar refractivity (Wildman–Crippen MR) is 75.1 cm³/mol. The molecule has 0 saturated heterocycles. The molecule has 0 radical (unpaired) electrons. The topological polar surface area (TPSA) is 97.3 Å². The Labute approximate surface area is 147 Å². The first kappa shape index (κ1) is 28.9. The van der Waals surface area contributed by atoms with Crippen molar-refractivity contribution < 1.29 is 50.4 Å². The van der Waals surface area contributed by atoms with E-state index in [1.54, 1.807) is 0 Å². The molecule has 0 fully saturated rings. The summed E-state index contributed by atoms with van der Waals surface area (Å²) in [5, 5.41) is 19.1. The molecule has 0 aliphatic heterocycles. The Bertz CT molecular complexity index is 224. The monoisotopic (exact) mass is 468 g/mol. The summed E-state index contributed by atoms with van der Waals surface area (Å²) in [6, 6.07) is 0. The number of Topliss-reactive ketones (excluding diaryl/α,β-unsaturated/α-hetero) is 3. The molecule has 0 saturated carbocycles. The van der Waals surface area contributed by atoms with Gasteiger partial charge in [-0.2, -0.15) is 0 Å². The molecular weight excluding hydrogens is 439 g/mol. The van der Waals surface area contributed by atoms with Crippen LogP contribution < -0.4 is 10.2 Å². The van der Waals surface area contributed by atoms with Crippen LogP contribution in [0.15, 0.2) is 0 Å². The Hall–Kier alpha value is -0.200. The number of carbonyl (C=O) groups is 3. The van der Waals surface area contributed by atoms with Crippen molar-refractivity contribution in [1.29, 1.82) is 0 Å². The molecule has 0 N–H and O–H groups in total. The van der Waals surface area contributed by atoms with Gasteiger partial charge in [0.2, 0.25) is 0 Å². The minimum atomic E-state index is -1.03. The van der Waals surface area contributed by atoms with Gasteiger partial charge in [-0.05, 0) is 20.8 Å². The summed E-state index contributed by atoms with van der Waals surface area (Å²) in [5.41, 5.74) is 0. The SMILES string of the molecule is CC(=O)C(C(C)=O)C(C)=O.CCCC[O-].CCCC[O-].[Hf]. The fourth-order valence-electron chi connectivity index (χ4n) is 1.15. The number of hydrogen-bond acceptors (Lipinski definition) is 5. The summed E-state index contributed by atoms with van der Waals surface area (Å²) >= 11 is 0.